The van der Waals surface area contributed by atoms with Crippen molar-refractivity contribution in [1.29, 1.82) is 0 Å². The molecule has 2 atom stereocenters. The zero-order valence-corrected chi connectivity index (χ0v) is 10.3. The van der Waals surface area contributed by atoms with Crippen LogP contribution in [0.2, 0.25) is 0 Å². The summed E-state index contributed by atoms with van der Waals surface area (Å²) in [5, 5.41) is 0. The fourth-order valence-electron chi connectivity index (χ4n) is 1.72. The lowest BCUT2D eigenvalue weighted by Crippen LogP contribution is -2.25. The molecule has 2 unspecified atom stereocenters. The maximum absolute atomic E-state index is 5.92. The van der Waals surface area contributed by atoms with Crippen LogP contribution in [0.4, 0.5) is 0 Å². The Labute approximate surface area is 102 Å². The van der Waals surface area contributed by atoms with E-state index >= 15 is 0 Å². The van der Waals surface area contributed by atoms with E-state index < -0.39 is 0 Å². The second kappa shape index (κ2) is 6.33. The van der Waals surface area contributed by atoms with E-state index in [4.69, 9.17) is 10.5 Å². The number of hydrogen-bond donors (Lipinski definition) is 1. The highest BCUT2D eigenvalue weighted by Gasteiger charge is 2.29. The molecule has 0 spiro atoms. The van der Waals surface area contributed by atoms with Crippen molar-refractivity contribution < 1.29 is 4.74 Å². The third-order valence-corrected chi connectivity index (χ3v) is 2.48. The smallest absolute Gasteiger partial charge is 0.139 e. The lowest BCUT2D eigenvalue weighted by atomic mass is 10.1. The van der Waals surface area contributed by atoms with Crippen LogP contribution in [0, 0.1) is 0 Å². The summed E-state index contributed by atoms with van der Waals surface area (Å²) < 4.78 is 7.62. The number of rotatable bonds is 2. The molecule has 1 aliphatic heterocycles. The zero-order chi connectivity index (χ0) is 9.26. The highest BCUT2D eigenvalue weighted by molar-refractivity contribution is 5.85. The molecule has 4 nitrogen and oxygen atoms in total. The second-order valence-electron chi connectivity index (χ2n) is 3.32. The molecule has 0 aliphatic carbocycles. The van der Waals surface area contributed by atoms with Crippen LogP contribution in [0.3, 0.4) is 0 Å². The van der Waals surface area contributed by atoms with Crippen molar-refractivity contribution in [1.82, 2.24) is 9.55 Å². The Balaban J connectivity index is 0.000000980. The van der Waals surface area contributed by atoms with Crippen molar-refractivity contribution in [2.24, 2.45) is 5.73 Å². The van der Waals surface area contributed by atoms with Gasteiger partial charge >= 0.3 is 0 Å². The quantitative estimate of drug-likeness (QED) is 0.870. The van der Waals surface area contributed by atoms with Gasteiger partial charge in [-0.3, -0.25) is 0 Å². The molecule has 88 valence electrons. The number of aryl methyl sites for hydroxylation is 1. The molecule has 1 aromatic heterocycles. The van der Waals surface area contributed by atoms with Crippen molar-refractivity contribution >= 4 is 24.8 Å². The van der Waals surface area contributed by atoms with Gasteiger partial charge in [-0.05, 0) is 13.3 Å². The maximum atomic E-state index is 5.92. The lowest BCUT2D eigenvalue weighted by molar-refractivity contribution is 0.0950. The Morgan fingerprint density at radius 2 is 2.33 bits per heavy atom. The fraction of sp³-hybridized carbons (Fsp3) is 0.667. The van der Waals surface area contributed by atoms with Gasteiger partial charge in [-0.2, -0.15) is 0 Å². The zero-order valence-electron chi connectivity index (χ0n) is 8.63. The number of aromatic nitrogens is 2. The van der Waals surface area contributed by atoms with Gasteiger partial charge in [0.25, 0.3) is 0 Å². The highest BCUT2D eigenvalue weighted by atomic mass is 35.5. The summed E-state index contributed by atoms with van der Waals surface area (Å²) in [7, 11) is 0. The number of nitrogens with zero attached hydrogens (tertiary/aromatic N) is 2. The molecular formula is C9H17Cl2N3O. The molecule has 0 amide bonds. The van der Waals surface area contributed by atoms with Gasteiger partial charge in [0.05, 0.1) is 0 Å². The monoisotopic (exact) mass is 253 g/mol. The summed E-state index contributed by atoms with van der Waals surface area (Å²) in [6.45, 7) is 3.76. The molecule has 0 aromatic carbocycles. The molecule has 0 saturated carbocycles. The van der Waals surface area contributed by atoms with Crippen LogP contribution < -0.4 is 5.73 Å². The first kappa shape index (κ1) is 14.7. The minimum Gasteiger partial charge on any atom is -0.369 e. The van der Waals surface area contributed by atoms with Gasteiger partial charge in [0.15, 0.2) is 0 Å². The Morgan fingerprint density at radius 3 is 2.87 bits per heavy atom. The summed E-state index contributed by atoms with van der Waals surface area (Å²) in [5.41, 5.74) is 5.92. The van der Waals surface area contributed by atoms with Gasteiger partial charge in [-0.1, -0.05) is 0 Å². The molecular weight excluding hydrogens is 237 g/mol. The van der Waals surface area contributed by atoms with E-state index in [9.17, 15) is 0 Å². The topological polar surface area (TPSA) is 53.1 Å². The van der Waals surface area contributed by atoms with Gasteiger partial charge in [0.2, 0.25) is 0 Å². The van der Waals surface area contributed by atoms with Crippen molar-refractivity contribution in [2.75, 3.05) is 6.61 Å². The normalized spacial score (nSPS) is 24.4. The van der Waals surface area contributed by atoms with Crippen molar-refractivity contribution in [2.45, 2.75) is 32.0 Å². The summed E-state index contributed by atoms with van der Waals surface area (Å²) in [6, 6.07) is 0.104. The third kappa shape index (κ3) is 2.84. The van der Waals surface area contributed by atoms with E-state index in [1.807, 2.05) is 6.20 Å². The first-order chi connectivity index (χ1) is 6.33. The average molecular weight is 254 g/mol. The lowest BCUT2D eigenvalue weighted by Gasteiger charge is -2.14. The van der Waals surface area contributed by atoms with Crippen molar-refractivity contribution in [3.05, 3.63) is 18.2 Å². The van der Waals surface area contributed by atoms with Crippen LogP contribution in [-0.4, -0.2) is 22.2 Å². The van der Waals surface area contributed by atoms with E-state index in [-0.39, 0.29) is 37.0 Å². The Hall–Kier alpha value is -0.290. The predicted octanol–water partition coefficient (Wildman–Crippen LogP) is 1.54. The molecule has 1 fully saturated rings. The first-order valence-electron chi connectivity index (χ1n) is 4.71. The Morgan fingerprint density at radius 1 is 1.60 bits per heavy atom. The standard InChI is InChI=1S/C9H15N3O.2ClH/c1-2-12-5-4-11-9(12)8-7(10)3-6-13-8;;/h4-5,7-8H,2-3,6,10H2,1H3;2*1H. The van der Waals surface area contributed by atoms with E-state index in [0.29, 0.717) is 0 Å². The third-order valence-electron chi connectivity index (χ3n) is 2.48. The minimum atomic E-state index is -0.00468. The first-order valence-corrected chi connectivity index (χ1v) is 4.71. The van der Waals surface area contributed by atoms with E-state index in [2.05, 4.69) is 16.5 Å². The molecule has 1 aromatic rings. The maximum Gasteiger partial charge on any atom is 0.139 e. The summed E-state index contributed by atoms with van der Waals surface area (Å²) in [4.78, 5) is 4.28. The van der Waals surface area contributed by atoms with Crippen molar-refractivity contribution in [3.63, 3.8) is 0 Å². The number of halogens is 2. The highest BCUT2D eigenvalue weighted by Crippen LogP contribution is 2.26. The number of imidazole rings is 1. The van der Waals surface area contributed by atoms with Crippen LogP contribution in [-0.2, 0) is 11.3 Å². The van der Waals surface area contributed by atoms with Gasteiger partial charge < -0.3 is 15.0 Å². The molecule has 1 aliphatic rings. The van der Waals surface area contributed by atoms with E-state index in [0.717, 1.165) is 25.4 Å². The summed E-state index contributed by atoms with van der Waals surface area (Å²) in [6.07, 6.45) is 4.69. The van der Waals surface area contributed by atoms with Crippen LogP contribution in [0.25, 0.3) is 0 Å². The molecule has 0 bridgehead atoms. The van der Waals surface area contributed by atoms with Gasteiger partial charge in [0, 0.05) is 31.6 Å². The second-order valence-corrected chi connectivity index (χ2v) is 3.32. The molecule has 2 rings (SSSR count). The van der Waals surface area contributed by atoms with Crippen LogP contribution in [0.1, 0.15) is 25.3 Å². The number of ether oxygens (including phenoxy) is 1. The fourth-order valence-corrected chi connectivity index (χ4v) is 1.72. The molecule has 1 saturated heterocycles. The molecule has 2 N–H and O–H groups in total. The van der Waals surface area contributed by atoms with Gasteiger partial charge in [0.1, 0.15) is 11.9 Å². The van der Waals surface area contributed by atoms with Gasteiger partial charge in [-0.15, -0.1) is 24.8 Å². The van der Waals surface area contributed by atoms with Crippen LogP contribution in [0.5, 0.6) is 0 Å². The van der Waals surface area contributed by atoms with Crippen LogP contribution >= 0.6 is 24.8 Å². The average Bonchev–Trinajstić information content (AvgIpc) is 2.71. The van der Waals surface area contributed by atoms with E-state index in [1.165, 1.54) is 0 Å². The molecule has 2 heterocycles. The summed E-state index contributed by atoms with van der Waals surface area (Å²) >= 11 is 0. The van der Waals surface area contributed by atoms with Crippen molar-refractivity contribution in [3.8, 4) is 0 Å². The Kier molecular flexibility index (Phi) is 6.20. The van der Waals surface area contributed by atoms with Gasteiger partial charge in [-0.25, -0.2) is 4.98 Å². The number of hydrogen-bond acceptors (Lipinski definition) is 3. The molecule has 6 heteroatoms. The summed E-state index contributed by atoms with van der Waals surface area (Å²) in [5.74, 6) is 0.965. The molecule has 15 heavy (non-hydrogen) atoms. The number of nitrogens with two attached hydrogens (primary N) is 1. The van der Waals surface area contributed by atoms with Crippen LogP contribution in [0.15, 0.2) is 12.4 Å². The van der Waals surface area contributed by atoms with E-state index in [1.54, 1.807) is 6.20 Å². The predicted molar refractivity (Wildman–Crippen MR) is 63.7 cm³/mol. The molecule has 0 radical (unpaired) electrons. The Bertz CT molecular complexity index is 293. The SMILES string of the molecule is CCn1ccnc1C1OCCC1N.Cl.Cl. The minimum absolute atomic E-state index is 0. The largest absolute Gasteiger partial charge is 0.369 e.